The Morgan fingerprint density at radius 3 is 2.55 bits per heavy atom. The number of hydrogen-bond donors (Lipinski definition) is 0. The summed E-state index contributed by atoms with van der Waals surface area (Å²) < 4.78 is 0. The van der Waals surface area contributed by atoms with Crippen molar-refractivity contribution in [2.24, 2.45) is 0 Å². The number of carbonyl (C=O) groups is 1. The van der Waals surface area contributed by atoms with Crippen molar-refractivity contribution in [1.82, 2.24) is 4.90 Å². The number of hydrogen-bond acceptors (Lipinski definition) is 1. The Kier molecular flexibility index (Phi) is 4.32. The second-order valence-corrected chi connectivity index (χ2v) is 6.53. The van der Waals surface area contributed by atoms with Crippen LogP contribution in [0.4, 0.5) is 0 Å². The lowest BCUT2D eigenvalue weighted by Gasteiger charge is -2.35. The second kappa shape index (κ2) is 5.82. The molecule has 0 N–H and O–H groups in total. The van der Waals surface area contributed by atoms with Crippen molar-refractivity contribution in [3.05, 3.63) is 41.0 Å². The molecule has 1 heterocycles. The number of nitrogens with zero attached hydrogens (tertiary/aromatic N) is 1. The van der Waals surface area contributed by atoms with E-state index in [0.717, 1.165) is 24.8 Å². The van der Waals surface area contributed by atoms with Crippen molar-refractivity contribution < 1.29 is 4.79 Å². The van der Waals surface area contributed by atoms with Gasteiger partial charge < -0.3 is 4.90 Å². The summed E-state index contributed by atoms with van der Waals surface area (Å²) in [6.07, 6.45) is 5.15. The third-order valence-electron chi connectivity index (χ3n) is 3.84. The Balaban J connectivity index is 2.44. The van der Waals surface area contributed by atoms with E-state index in [1.54, 1.807) is 0 Å². The highest BCUT2D eigenvalue weighted by atomic mass is 16.2. The first-order chi connectivity index (χ1) is 9.43. The van der Waals surface area contributed by atoms with E-state index in [1.807, 2.05) is 11.0 Å². The van der Waals surface area contributed by atoms with E-state index in [-0.39, 0.29) is 11.4 Å². The summed E-state index contributed by atoms with van der Waals surface area (Å²) in [4.78, 5) is 14.8. The Bertz CT molecular complexity index is 522. The summed E-state index contributed by atoms with van der Waals surface area (Å²) in [6.45, 7) is 9.19. The lowest BCUT2D eigenvalue weighted by Crippen LogP contribution is -2.45. The fraction of sp³-hybridized carbons (Fsp3) is 0.500. The summed E-state index contributed by atoms with van der Waals surface area (Å²) in [5.41, 5.74) is 3.23. The van der Waals surface area contributed by atoms with Crippen LogP contribution < -0.4 is 0 Å². The SMILES string of the molecule is CCCCC1=Cc2ccccc2CN(C(C)(C)C)C1=O. The van der Waals surface area contributed by atoms with E-state index in [1.165, 1.54) is 11.1 Å². The number of benzene rings is 1. The van der Waals surface area contributed by atoms with Crippen molar-refractivity contribution >= 4 is 12.0 Å². The van der Waals surface area contributed by atoms with Gasteiger partial charge in [0.1, 0.15) is 0 Å². The van der Waals surface area contributed by atoms with Crippen LogP contribution in [0.2, 0.25) is 0 Å². The molecule has 0 aliphatic carbocycles. The quantitative estimate of drug-likeness (QED) is 0.798. The van der Waals surface area contributed by atoms with E-state index >= 15 is 0 Å². The molecular weight excluding hydrogens is 246 g/mol. The Labute approximate surface area is 122 Å². The minimum absolute atomic E-state index is 0.153. The zero-order chi connectivity index (χ0) is 14.8. The molecule has 0 saturated carbocycles. The highest BCUT2D eigenvalue weighted by Crippen LogP contribution is 2.28. The molecule has 2 nitrogen and oxygen atoms in total. The summed E-state index contributed by atoms with van der Waals surface area (Å²) >= 11 is 0. The molecule has 2 rings (SSSR count). The van der Waals surface area contributed by atoms with Gasteiger partial charge in [0.25, 0.3) is 5.91 Å². The van der Waals surface area contributed by atoms with E-state index < -0.39 is 0 Å². The molecule has 0 unspecified atom stereocenters. The highest BCUT2D eigenvalue weighted by molar-refractivity contribution is 5.99. The van der Waals surface area contributed by atoms with Crippen molar-refractivity contribution in [1.29, 1.82) is 0 Å². The molecule has 108 valence electrons. The molecular formula is C18H25NO. The van der Waals surface area contributed by atoms with E-state index in [9.17, 15) is 4.79 Å². The lowest BCUT2D eigenvalue weighted by molar-refractivity contribution is -0.132. The third-order valence-corrected chi connectivity index (χ3v) is 3.84. The van der Waals surface area contributed by atoms with E-state index in [2.05, 4.69) is 52.0 Å². The molecule has 1 aliphatic rings. The zero-order valence-electron chi connectivity index (χ0n) is 13.1. The maximum Gasteiger partial charge on any atom is 0.250 e. The topological polar surface area (TPSA) is 20.3 Å². The van der Waals surface area contributed by atoms with Gasteiger partial charge in [0.15, 0.2) is 0 Å². The van der Waals surface area contributed by atoms with E-state index in [4.69, 9.17) is 0 Å². The molecule has 1 aliphatic heterocycles. The predicted molar refractivity (Wildman–Crippen MR) is 84.2 cm³/mol. The first-order valence-corrected chi connectivity index (χ1v) is 7.54. The number of fused-ring (bicyclic) bond motifs is 1. The summed E-state index contributed by atoms with van der Waals surface area (Å²) in [7, 11) is 0. The molecule has 0 bridgehead atoms. The fourth-order valence-corrected chi connectivity index (χ4v) is 2.57. The Morgan fingerprint density at radius 2 is 1.90 bits per heavy atom. The molecule has 2 heteroatoms. The standard InChI is InChI=1S/C18H25NO/c1-5-6-9-15-12-14-10-7-8-11-16(14)13-19(17(15)20)18(2,3)4/h7-8,10-12H,5-6,9,13H2,1-4H3. The van der Waals surface area contributed by atoms with Crippen LogP contribution in [0.5, 0.6) is 0 Å². The molecule has 1 amide bonds. The Hall–Kier alpha value is -1.57. The smallest absolute Gasteiger partial charge is 0.250 e. The molecule has 20 heavy (non-hydrogen) atoms. The minimum atomic E-state index is -0.153. The first-order valence-electron chi connectivity index (χ1n) is 7.54. The van der Waals surface area contributed by atoms with Crippen molar-refractivity contribution in [2.45, 2.75) is 59.0 Å². The van der Waals surface area contributed by atoms with Crippen LogP contribution in [0.1, 0.15) is 58.1 Å². The molecule has 1 aromatic rings. The van der Waals surface area contributed by atoms with Crippen molar-refractivity contribution in [3.8, 4) is 0 Å². The molecule has 0 radical (unpaired) electrons. The van der Waals surface area contributed by atoms with Gasteiger partial charge in [-0.25, -0.2) is 0 Å². The predicted octanol–water partition coefficient (Wildman–Crippen LogP) is 4.40. The van der Waals surface area contributed by atoms with Crippen LogP contribution in [0.3, 0.4) is 0 Å². The minimum Gasteiger partial charge on any atom is -0.330 e. The third kappa shape index (κ3) is 3.12. The van der Waals surface area contributed by atoms with Crippen molar-refractivity contribution in [3.63, 3.8) is 0 Å². The van der Waals surface area contributed by atoms with Crippen LogP contribution in [0, 0.1) is 0 Å². The maximum atomic E-state index is 12.8. The Morgan fingerprint density at radius 1 is 1.20 bits per heavy atom. The van der Waals surface area contributed by atoms with Crippen LogP contribution >= 0.6 is 0 Å². The number of rotatable bonds is 3. The normalized spacial score (nSPS) is 15.7. The van der Waals surface area contributed by atoms with Crippen molar-refractivity contribution in [2.75, 3.05) is 0 Å². The second-order valence-electron chi connectivity index (χ2n) is 6.53. The summed E-state index contributed by atoms with van der Waals surface area (Å²) in [6, 6.07) is 8.33. The van der Waals surface area contributed by atoms with Crippen LogP contribution in [0.15, 0.2) is 29.8 Å². The van der Waals surface area contributed by atoms with Gasteiger partial charge in [-0.05, 0) is 50.8 Å². The summed E-state index contributed by atoms with van der Waals surface area (Å²) in [5.74, 6) is 0.196. The maximum absolute atomic E-state index is 12.8. The van der Waals surface area contributed by atoms with Gasteiger partial charge in [-0.15, -0.1) is 0 Å². The number of amides is 1. The van der Waals surface area contributed by atoms with Gasteiger partial charge >= 0.3 is 0 Å². The molecule has 0 spiro atoms. The summed E-state index contributed by atoms with van der Waals surface area (Å²) in [5, 5.41) is 0. The lowest BCUT2D eigenvalue weighted by atomic mass is 10.0. The van der Waals surface area contributed by atoms with Gasteiger partial charge in [-0.2, -0.15) is 0 Å². The zero-order valence-corrected chi connectivity index (χ0v) is 13.1. The van der Waals surface area contributed by atoms with Crippen LogP contribution in [-0.2, 0) is 11.3 Å². The average Bonchev–Trinajstić information content (AvgIpc) is 2.53. The monoisotopic (exact) mass is 271 g/mol. The first kappa shape index (κ1) is 14.8. The van der Waals surface area contributed by atoms with Gasteiger partial charge in [-0.1, -0.05) is 37.6 Å². The molecule has 0 fully saturated rings. The van der Waals surface area contributed by atoms with Gasteiger partial charge in [-0.3, -0.25) is 4.79 Å². The van der Waals surface area contributed by atoms with Gasteiger partial charge in [0.05, 0.1) is 0 Å². The average molecular weight is 271 g/mol. The number of carbonyl (C=O) groups excluding carboxylic acids is 1. The number of unbranched alkanes of at least 4 members (excludes halogenated alkanes) is 1. The van der Waals surface area contributed by atoms with Gasteiger partial charge in [0, 0.05) is 17.7 Å². The van der Waals surface area contributed by atoms with Crippen LogP contribution in [0.25, 0.3) is 6.08 Å². The molecule has 0 aromatic heterocycles. The largest absolute Gasteiger partial charge is 0.330 e. The molecule has 0 saturated heterocycles. The molecule has 1 aromatic carbocycles. The van der Waals surface area contributed by atoms with E-state index in [0.29, 0.717) is 6.54 Å². The van der Waals surface area contributed by atoms with Crippen LogP contribution in [-0.4, -0.2) is 16.3 Å². The van der Waals surface area contributed by atoms with Gasteiger partial charge in [0.2, 0.25) is 0 Å². The highest BCUT2D eigenvalue weighted by Gasteiger charge is 2.30. The fourth-order valence-electron chi connectivity index (χ4n) is 2.57. The molecule has 0 atom stereocenters.